The molecule has 5 nitrogen and oxygen atoms in total. The minimum Gasteiger partial charge on any atom is -0.370 e. The fourth-order valence-corrected chi connectivity index (χ4v) is 3.00. The Morgan fingerprint density at radius 2 is 1.83 bits per heavy atom. The molecule has 0 unspecified atom stereocenters. The first kappa shape index (κ1) is 18.3. The van der Waals surface area contributed by atoms with Crippen LogP contribution in [0.25, 0.3) is 0 Å². The maximum atomic E-state index is 11.6. The first-order valence-electron chi connectivity index (χ1n) is 9.12. The number of aliphatic imine (C=N–C) groups is 1. The predicted molar refractivity (Wildman–Crippen MR) is 99.9 cm³/mol. The third-order valence-corrected chi connectivity index (χ3v) is 4.35. The highest BCUT2D eigenvalue weighted by molar-refractivity contribution is 5.90. The second kappa shape index (κ2) is 9.96. The van der Waals surface area contributed by atoms with Gasteiger partial charge in [0.15, 0.2) is 5.96 Å². The second-order valence-electron chi connectivity index (χ2n) is 6.53. The van der Waals surface area contributed by atoms with Crippen LogP contribution in [0, 0.1) is 0 Å². The van der Waals surface area contributed by atoms with E-state index in [4.69, 9.17) is 5.73 Å². The molecule has 1 fully saturated rings. The Bertz CT molecular complexity index is 531. The molecule has 1 aliphatic carbocycles. The molecular weight excluding hydrogens is 300 g/mol. The van der Waals surface area contributed by atoms with Crippen LogP contribution in [0.4, 0.5) is 5.69 Å². The Hall–Kier alpha value is -2.04. The molecule has 0 heterocycles. The molecule has 24 heavy (non-hydrogen) atoms. The van der Waals surface area contributed by atoms with Crippen LogP contribution in [-0.2, 0) is 11.3 Å². The van der Waals surface area contributed by atoms with Gasteiger partial charge >= 0.3 is 0 Å². The minimum atomic E-state index is 0.0557. The smallest absolute Gasteiger partial charge is 0.224 e. The molecular formula is C19H30N4O. The van der Waals surface area contributed by atoms with E-state index in [9.17, 15) is 4.79 Å². The Labute approximate surface area is 145 Å². The lowest BCUT2D eigenvalue weighted by Crippen LogP contribution is -2.39. The van der Waals surface area contributed by atoms with Crippen molar-refractivity contribution >= 4 is 17.6 Å². The highest BCUT2D eigenvalue weighted by Gasteiger charge is 2.12. The van der Waals surface area contributed by atoms with Crippen molar-refractivity contribution in [3.63, 3.8) is 0 Å². The number of nitrogens with zero attached hydrogens (tertiary/aromatic N) is 1. The van der Waals surface area contributed by atoms with Gasteiger partial charge < -0.3 is 16.4 Å². The van der Waals surface area contributed by atoms with E-state index in [1.807, 2.05) is 31.2 Å². The van der Waals surface area contributed by atoms with Crippen LogP contribution in [0.5, 0.6) is 0 Å². The molecule has 5 heteroatoms. The van der Waals surface area contributed by atoms with Gasteiger partial charge in [-0.2, -0.15) is 0 Å². The van der Waals surface area contributed by atoms with Gasteiger partial charge in [0, 0.05) is 18.2 Å². The van der Waals surface area contributed by atoms with Crippen LogP contribution in [0.15, 0.2) is 29.3 Å². The molecule has 132 valence electrons. The number of rotatable bonds is 6. The summed E-state index contributed by atoms with van der Waals surface area (Å²) in [6.45, 7) is 2.54. The predicted octanol–water partition coefficient (Wildman–Crippen LogP) is 3.55. The summed E-state index contributed by atoms with van der Waals surface area (Å²) in [5, 5.41) is 6.23. The van der Waals surface area contributed by atoms with E-state index in [0.717, 1.165) is 17.7 Å². The summed E-state index contributed by atoms with van der Waals surface area (Å²) in [5.74, 6) is 0.586. The zero-order chi connectivity index (χ0) is 17.2. The van der Waals surface area contributed by atoms with Gasteiger partial charge in [-0.3, -0.25) is 4.79 Å². The maximum Gasteiger partial charge on any atom is 0.224 e. The third-order valence-electron chi connectivity index (χ3n) is 4.35. The van der Waals surface area contributed by atoms with Crippen molar-refractivity contribution in [1.29, 1.82) is 0 Å². The van der Waals surface area contributed by atoms with E-state index < -0.39 is 0 Å². The number of guanidine groups is 1. The van der Waals surface area contributed by atoms with Gasteiger partial charge in [-0.1, -0.05) is 44.7 Å². The van der Waals surface area contributed by atoms with E-state index in [-0.39, 0.29) is 5.91 Å². The quantitative estimate of drug-likeness (QED) is 0.424. The standard InChI is InChI=1S/C19H30N4O/c1-2-7-18(24)22-17-12-10-15(11-13-17)14-21-19(20)23-16-8-5-3-4-6-9-16/h10-13,16H,2-9,14H2,1H3,(H,22,24)(H3,20,21,23). The van der Waals surface area contributed by atoms with E-state index in [0.29, 0.717) is 25.0 Å². The van der Waals surface area contributed by atoms with Crippen molar-refractivity contribution < 1.29 is 4.79 Å². The topological polar surface area (TPSA) is 79.5 Å². The normalized spacial score (nSPS) is 16.5. The van der Waals surface area contributed by atoms with Crippen molar-refractivity contribution in [3.05, 3.63) is 29.8 Å². The van der Waals surface area contributed by atoms with Crippen LogP contribution in [0.2, 0.25) is 0 Å². The summed E-state index contributed by atoms with van der Waals surface area (Å²) >= 11 is 0. The van der Waals surface area contributed by atoms with Crippen molar-refractivity contribution in [2.24, 2.45) is 10.7 Å². The first-order valence-corrected chi connectivity index (χ1v) is 9.12. The van der Waals surface area contributed by atoms with Gasteiger partial charge in [0.1, 0.15) is 0 Å². The van der Waals surface area contributed by atoms with Crippen LogP contribution >= 0.6 is 0 Å². The summed E-state index contributed by atoms with van der Waals surface area (Å²) in [4.78, 5) is 16.0. The van der Waals surface area contributed by atoms with Gasteiger partial charge in [0.2, 0.25) is 5.91 Å². The minimum absolute atomic E-state index is 0.0557. The number of benzene rings is 1. The van der Waals surface area contributed by atoms with Crippen molar-refractivity contribution in [2.75, 3.05) is 5.32 Å². The van der Waals surface area contributed by atoms with Crippen molar-refractivity contribution in [3.8, 4) is 0 Å². The monoisotopic (exact) mass is 330 g/mol. The molecule has 0 aliphatic heterocycles. The number of nitrogens with one attached hydrogen (secondary N) is 2. The Morgan fingerprint density at radius 1 is 1.17 bits per heavy atom. The van der Waals surface area contributed by atoms with Crippen LogP contribution < -0.4 is 16.4 Å². The van der Waals surface area contributed by atoms with E-state index in [1.54, 1.807) is 0 Å². The summed E-state index contributed by atoms with van der Waals surface area (Å²) < 4.78 is 0. The van der Waals surface area contributed by atoms with Gasteiger partial charge in [-0.15, -0.1) is 0 Å². The zero-order valence-corrected chi connectivity index (χ0v) is 14.7. The molecule has 0 radical (unpaired) electrons. The molecule has 0 saturated heterocycles. The fourth-order valence-electron chi connectivity index (χ4n) is 3.00. The first-order chi connectivity index (χ1) is 11.7. The SMILES string of the molecule is CCCC(=O)Nc1ccc(CN=C(N)NC2CCCCCC2)cc1. The molecule has 0 atom stereocenters. The lowest BCUT2D eigenvalue weighted by molar-refractivity contribution is -0.116. The molecule has 1 saturated carbocycles. The summed E-state index contributed by atoms with van der Waals surface area (Å²) in [5.41, 5.74) is 7.92. The highest BCUT2D eigenvalue weighted by atomic mass is 16.1. The van der Waals surface area contributed by atoms with Crippen molar-refractivity contribution in [1.82, 2.24) is 5.32 Å². The van der Waals surface area contributed by atoms with E-state index in [1.165, 1.54) is 38.5 Å². The summed E-state index contributed by atoms with van der Waals surface area (Å²) in [6.07, 6.45) is 8.98. The van der Waals surface area contributed by atoms with E-state index in [2.05, 4.69) is 15.6 Å². The molecule has 0 spiro atoms. The average Bonchev–Trinajstić information content (AvgIpc) is 2.83. The van der Waals surface area contributed by atoms with Crippen LogP contribution in [0.3, 0.4) is 0 Å². The number of anilines is 1. The molecule has 0 bridgehead atoms. The Kier molecular flexibility index (Phi) is 7.59. The Balaban J connectivity index is 1.80. The molecule has 4 N–H and O–H groups in total. The lowest BCUT2D eigenvalue weighted by atomic mass is 10.1. The zero-order valence-electron chi connectivity index (χ0n) is 14.7. The summed E-state index contributed by atoms with van der Waals surface area (Å²) in [7, 11) is 0. The lowest BCUT2D eigenvalue weighted by Gasteiger charge is -2.16. The number of nitrogens with two attached hydrogens (primary N) is 1. The number of hydrogen-bond donors (Lipinski definition) is 3. The van der Waals surface area contributed by atoms with Gasteiger partial charge in [-0.05, 0) is 37.0 Å². The van der Waals surface area contributed by atoms with Crippen LogP contribution in [-0.4, -0.2) is 17.9 Å². The molecule has 2 rings (SSSR count). The number of amides is 1. The number of carbonyl (C=O) groups excluding carboxylic acids is 1. The number of carbonyl (C=O) groups is 1. The fraction of sp³-hybridized carbons (Fsp3) is 0.579. The largest absolute Gasteiger partial charge is 0.370 e. The molecule has 1 aliphatic rings. The molecule has 1 aromatic rings. The summed E-state index contributed by atoms with van der Waals surface area (Å²) in [6, 6.07) is 8.24. The molecule has 1 aromatic carbocycles. The van der Waals surface area contributed by atoms with Crippen LogP contribution in [0.1, 0.15) is 63.9 Å². The highest BCUT2D eigenvalue weighted by Crippen LogP contribution is 2.17. The Morgan fingerprint density at radius 3 is 2.46 bits per heavy atom. The maximum absolute atomic E-state index is 11.6. The number of hydrogen-bond acceptors (Lipinski definition) is 2. The van der Waals surface area contributed by atoms with E-state index >= 15 is 0 Å². The van der Waals surface area contributed by atoms with Gasteiger partial charge in [0.25, 0.3) is 0 Å². The average molecular weight is 330 g/mol. The molecule has 1 amide bonds. The van der Waals surface area contributed by atoms with Crippen molar-refractivity contribution in [2.45, 2.75) is 70.9 Å². The van der Waals surface area contributed by atoms with Gasteiger partial charge in [0.05, 0.1) is 6.54 Å². The molecule has 0 aromatic heterocycles. The van der Waals surface area contributed by atoms with Gasteiger partial charge in [-0.25, -0.2) is 4.99 Å². The second-order valence-corrected chi connectivity index (χ2v) is 6.53. The third kappa shape index (κ3) is 6.60.